The first-order chi connectivity index (χ1) is 8.52. The van der Waals surface area contributed by atoms with Gasteiger partial charge in [0, 0.05) is 16.7 Å². The largest absolute Gasteiger partial charge is 0.480 e. The smallest absolute Gasteiger partial charge is 0.323 e. The van der Waals surface area contributed by atoms with Crippen molar-refractivity contribution in [2.75, 3.05) is 18.4 Å². The van der Waals surface area contributed by atoms with Crippen LogP contribution in [0.4, 0.5) is 10.5 Å². The van der Waals surface area contributed by atoms with Crippen LogP contribution in [-0.2, 0) is 4.79 Å². The number of carboxylic acid groups (broad SMARTS) is 1. The van der Waals surface area contributed by atoms with Gasteiger partial charge in [0.1, 0.15) is 6.54 Å². The summed E-state index contributed by atoms with van der Waals surface area (Å²) in [4.78, 5) is 23.6. The van der Waals surface area contributed by atoms with Crippen LogP contribution in [0.2, 0.25) is 0 Å². The number of hydrogen-bond acceptors (Lipinski definition) is 2. The molecule has 0 spiro atoms. The zero-order chi connectivity index (χ0) is 13.5. The molecule has 0 aliphatic rings. The molecule has 1 rings (SSSR count). The molecule has 0 radical (unpaired) electrons. The summed E-state index contributed by atoms with van der Waals surface area (Å²) in [5.74, 6) is -1.07. The molecule has 18 heavy (non-hydrogen) atoms. The first-order valence-electron chi connectivity index (χ1n) is 5.17. The van der Waals surface area contributed by atoms with E-state index in [2.05, 4.69) is 27.8 Å². The first-order valence-corrected chi connectivity index (χ1v) is 5.96. The molecule has 0 aliphatic heterocycles. The Kier molecular flexibility index (Phi) is 5.38. The van der Waals surface area contributed by atoms with Gasteiger partial charge in [0.15, 0.2) is 0 Å². The van der Waals surface area contributed by atoms with Crippen molar-refractivity contribution >= 4 is 33.6 Å². The van der Waals surface area contributed by atoms with Crippen molar-refractivity contribution in [1.29, 1.82) is 0 Å². The molecule has 0 unspecified atom stereocenters. The average molecular weight is 313 g/mol. The van der Waals surface area contributed by atoms with Crippen molar-refractivity contribution in [3.05, 3.63) is 41.4 Å². The first kappa shape index (κ1) is 14.2. The summed E-state index contributed by atoms with van der Waals surface area (Å²) in [6.07, 6.45) is 1.48. The van der Waals surface area contributed by atoms with Gasteiger partial charge in [-0.15, -0.1) is 6.58 Å². The summed E-state index contributed by atoms with van der Waals surface area (Å²) in [7, 11) is 0. The number of nitrogens with one attached hydrogen (secondary N) is 1. The normalized spacial score (nSPS) is 9.61. The van der Waals surface area contributed by atoms with E-state index < -0.39 is 12.0 Å². The maximum Gasteiger partial charge on any atom is 0.323 e. The Morgan fingerprint density at radius 2 is 2.00 bits per heavy atom. The number of benzene rings is 1. The average Bonchev–Trinajstić information content (AvgIpc) is 2.31. The Balaban J connectivity index is 2.68. The summed E-state index contributed by atoms with van der Waals surface area (Å²) in [6, 6.07) is 6.53. The lowest BCUT2D eigenvalue weighted by Gasteiger charge is -2.19. The molecule has 6 heteroatoms. The number of rotatable bonds is 5. The van der Waals surface area contributed by atoms with Crippen molar-refractivity contribution in [3.63, 3.8) is 0 Å². The zero-order valence-corrected chi connectivity index (χ0v) is 11.2. The Morgan fingerprint density at radius 1 is 1.39 bits per heavy atom. The molecule has 0 fully saturated rings. The third kappa shape index (κ3) is 4.58. The van der Waals surface area contributed by atoms with Gasteiger partial charge in [0.05, 0.1) is 0 Å². The molecule has 2 amide bonds. The quantitative estimate of drug-likeness (QED) is 0.821. The SMILES string of the molecule is C=CCN(CC(=O)O)C(=O)Nc1ccc(Br)cc1. The molecule has 96 valence electrons. The molecule has 0 bridgehead atoms. The number of urea groups is 1. The minimum atomic E-state index is -1.07. The van der Waals surface area contributed by atoms with E-state index in [4.69, 9.17) is 5.11 Å². The number of hydrogen-bond donors (Lipinski definition) is 2. The standard InChI is InChI=1S/C12H13BrN2O3/c1-2-7-15(8-11(16)17)12(18)14-10-5-3-9(13)4-6-10/h2-6H,1,7-8H2,(H,14,18)(H,16,17). The van der Waals surface area contributed by atoms with Gasteiger partial charge in [-0.3, -0.25) is 4.79 Å². The van der Waals surface area contributed by atoms with Crippen LogP contribution in [0, 0.1) is 0 Å². The fourth-order valence-electron chi connectivity index (χ4n) is 1.27. The summed E-state index contributed by atoms with van der Waals surface area (Å²) in [5.41, 5.74) is 0.600. The van der Waals surface area contributed by atoms with Gasteiger partial charge in [-0.25, -0.2) is 4.79 Å². The molecular weight excluding hydrogens is 300 g/mol. The fourth-order valence-corrected chi connectivity index (χ4v) is 1.54. The summed E-state index contributed by atoms with van der Waals surface area (Å²) < 4.78 is 0.897. The van der Waals surface area contributed by atoms with E-state index in [-0.39, 0.29) is 13.1 Å². The second-order valence-electron chi connectivity index (χ2n) is 3.50. The van der Waals surface area contributed by atoms with E-state index in [1.54, 1.807) is 24.3 Å². The van der Waals surface area contributed by atoms with Gasteiger partial charge in [0.25, 0.3) is 0 Å². The summed E-state index contributed by atoms with van der Waals surface area (Å²) in [6.45, 7) is 3.30. The molecule has 0 heterocycles. The second-order valence-corrected chi connectivity index (χ2v) is 4.42. The maximum absolute atomic E-state index is 11.8. The second kappa shape index (κ2) is 6.80. The van der Waals surface area contributed by atoms with Gasteiger partial charge < -0.3 is 15.3 Å². The van der Waals surface area contributed by atoms with Crippen LogP contribution in [0.3, 0.4) is 0 Å². The minimum absolute atomic E-state index is 0.175. The van der Waals surface area contributed by atoms with Crippen molar-refractivity contribution < 1.29 is 14.7 Å². The number of carboxylic acids is 1. The lowest BCUT2D eigenvalue weighted by molar-refractivity contribution is -0.137. The fraction of sp³-hybridized carbons (Fsp3) is 0.167. The number of anilines is 1. The van der Waals surface area contributed by atoms with Crippen molar-refractivity contribution in [2.24, 2.45) is 0 Å². The van der Waals surface area contributed by atoms with Gasteiger partial charge >= 0.3 is 12.0 Å². The number of halogens is 1. The molecule has 0 aromatic heterocycles. The van der Waals surface area contributed by atoms with E-state index in [0.29, 0.717) is 5.69 Å². The van der Waals surface area contributed by atoms with E-state index in [0.717, 1.165) is 9.37 Å². The molecule has 0 saturated heterocycles. The van der Waals surface area contributed by atoms with E-state index >= 15 is 0 Å². The lowest BCUT2D eigenvalue weighted by atomic mass is 10.3. The summed E-state index contributed by atoms with van der Waals surface area (Å²) >= 11 is 3.28. The van der Waals surface area contributed by atoms with Crippen LogP contribution >= 0.6 is 15.9 Å². The van der Waals surface area contributed by atoms with Crippen LogP contribution in [-0.4, -0.2) is 35.1 Å². The number of amides is 2. The molecule has 5 nitrogen and oxygen atoms in total. The third-order valence-corrected chi connectivity index (χ3v) is 2.59. The maximum atomic E-state index is 11.8. The highest BCUT2D eigenvalue weighted by Crippen LogP contribution is 2.14. The Hall–Kier alpha value is -1.82. The zero-order valence-electron chi connectivity index (χ0n) is 9.60. The van der Waals surface area contributed by atoms with E-state index in [1.807, 2.05) is 0 Å². The lowest BCUT2D eigenvalue weighted by Crippen LogP contribution is -2.38. The molecule has 2 N–H and O–H groups in total. The third-order valence-electron chi connectivity index (χ3n) is 2.06. The van der Waals surface area contributed by atoms with E-state index in [1.165, 1.54) is 6.08 Å². The molecule has 1 aromatic carbocycles. The van der Waals surface area contributed by atoms with E-state index in [9.17, 15) is 9.59 Å². The monoisotopic (exact) mass is 312 g/mol. The van der Waals surface area contributed by atoms with Crippen LogP contribution in [0.25, 0.3) is 0 Å². The van der Waals surface area contributed by atoms with Crippen molar-refractivity contribution in [2.45, 2.75) is 0 Å². The number of carbonyl (C=O) groups excluding carboxylic acids is 1. The topological polar surface area (TPSA) is 69.6 Å². The van der Waals surface area contributed by atoms with Crippen LogP contribution < -0.4 is 5.32 Å². The molecule has 0 saturated carbocycles. The highest BCUT2D eigenvalue weighted by molar-refractivity contribution is 9.10. The highest BCUT2D eigenvalue weighted by Gasteiger charge is 2.15. The Bertz CT molecular complexity index is 445. The predicted octanol–water partition coefficient (Wildman–Crippen LogP) is 2.55. The van der Waals surface area contributed by atoms with Crippen molar-refractivity contribution in [1.82, 2.24) is 4.90 Å². The molecule has 0 aliphatic carbocycles. The minimum Gasteiger partial charge on any atom is -0.480 e. The van der Waals surface area contributed by atoms with Crippen LogP contribution in [0.15, 0.2) is 41.4 Å². The number of aliphatic carboxylic acids is 1. The number of carbonyl (C=O) groups is 2. The van der Waals surface area contributed by atoms with Gasteiger partial charge in [0.2, 0.25) is 0 Å². The van der Waals surface area contributed by atoms with Gasteiger partial charge in [-0.05, 0) is 24.3 Å². The van der Waals surface area contributed by atoms with Gasteiger partial charge in [-0.2, -0.15) is 0 Å². The summed E-state index contributed by atoms with van der Waals surface area (Å²) in [5, 5.41) is 11.3. The molecular formula is C12H13BrN2O3. The van der Waals surface area contributed by atoms with Crippen LogP contribution in [0.5, 0.6) is 0 Å². The van der Waals surface area contributed by atoms with Gasteiger partial charge in [-0.1, -0.05) is 22.0 Å². The number of nitrogens with zero attached hydrogens (tertiary/aromatic N) is 1. The Labute approximate surface area is 113 Å². The molecule has 1 aromatic rings. The van der Waals surface area contributed by atoms with Crippen molar-refractivity contribution in [3.8, 4) is 0 Å². The Morgan fingerprint density at radius 3 is 2.50 bits per heavy atom. The van der Waals surface area contributed by atoms with Crippen LogP contribution in [0.1, 0.15) is 0 Å². The highest BCUT2D eigenvalue weighted by atomic mass is 79.9. The predicted molar refractivity (Wildman–Crippen MR) is 72.6 cm³/mol. The molecule has 0 atom stereocenters.